The standard InChI is InChI=1S/C22H25F3N6O4/c1-13-5-6-31(13)20-27-18(14(2)19(28-20)22(23,24)25)15-3-4-16(26-11-15)35-12-17(32)29-7-9-30(10-8-29)21(33)34/h3-4,11,13H,5-10,12H2,1-2H3,(H,33,34). The summed E-state index contributed by atoms with van der Waals surface area (Å²) in [5.41, 5.74) is -0.577. The highest BCUT2D eigenvalue weighted by Gasteiger charge is 2.38. The van der Waals surface area contributed by atoms with Crippen molar-refractivity contribution >= 4 is 17.9 Å². The molecule has 0 spiro atoms. The summed E-state index contributed by atoms with van der Waals surface area (Å²) in [5.74, 6) is -0.146. The Morgan fingerprint density at radius 2 is 1.80 bits per heavy atom. The highest BCUT2D eigenvalue weighted by molar-refractivity contribution is 5.78. The molecule has 2 aliphatic rings. The summed E-state index contributed by atoms with van der Waals surface area (Å²) in [6.07, 6.45) is -3.44. The minimum absolute atomic E-state index is 0.0330. The first-order chi connectivity index (χ1) is 16.5. The molecular weight excluding hydrogens is 469 g/mol. The van der Waals surface area contributed by atoms with Crippen LogP contribution in [0.15, 0.2) is 18.3 Å². The van der Waals surface area contributed by atoms with Gasteiger partial charge in [-0.15, -0.1) is 0 Å². The molecule has 0 aromatic carbocycles. The number of halogens is 3. The Morgan fingerprint density at radius 1 is 1.11 bits per heavy atom. The van der Waals surface area contributed by atoms with Gasteiger partial charge in [0.1, 0.15) is 0 Å². The molecule has 2 amide bonds. The Morgan fingerprint density at radius 3 is 2.31 bits per heavy atom. The second-order valence-electron chi connectivity index (χ2n) is 8.50. The Kier molecular flexibility index (Phi) is 6.68. The Hall–Kier alpha value is -3.64. The number of rotatable bonds is 5. The van der Waals surface area contributed by atoms with Crippen molar-refractivity contribution in [3.63, 3.8) is 0 Å². The third-order valence-corrected chi connectivity index (χ3v) is 6.24. The zero-order chi connectivity index (χ0) is 25.3. The van der Waals surface area contributed by atoms with E-state index in [1.807, 2.05) is 6.92 Å². The average Bonchev–Trinajstić information content (AvgIpc) is 2.82. The van der Waals surface area contributed by atoms with Crippen molar-refractivity contribution < 1.29 is 32.6 Å². The molecule has 0 aliphatic carbocycles. The number of carboxylic acid groups (broad SMARTS) is 1. The van der Waals surface area contributed by atoms with Crippen LogP contribution in [0, 0.1) is 6.92 Å². The number of hydrogen-bond donors (Lipinski definition) is 1. The molecule has 1 N–H and O–H groups in total. The van der Waals surface area contributed by atoms with Crippen molar-refractivity contribution in [2.45, 2.75) is 32.5 Å². The van der Waals surface area contributed by atoms with Crippen molar-refractivity contribution in [2.75, 3.05) is 44.2 Å². The Labute approximate surface area is 199 Å². The smallest absolute Gasteiger partial charge is 0.433 e. The molecule has 10 nitrogen and oxygen atoms in total. The number of pyridine rings is 1. The van der Waals surface area contributed by atoms with Crippen LogP contribution >= 0.6 is 0 Å². The predicted octanol–water partition coefficient (Wildman–Crippen LogP) is 2.67. The van der Waals surface area contributed by atoms with Crippen LogP contribution in [0.25, 0.3) is 11.3 Å². The third-order valence-electron chi connectivity index (χ3n) is 6.24. The number of piperazine rings is 1. The van der Waals surface area contributed by atoms with Crippen molar-refractivity contribution in [1.29, 1.82) is 0 Å². The first-order valence-electron chi connectivity index (χ1n) is 11.1. The summed E-state index contributed by atoms with van der Waals surface area (Å²) in [6, 6.07) is 3.06. The first-order valence-corrected chi connectivity index (χ1v) is 11.1. The summed E-state index contributed by atoms with van der Waals surface area (Å²) in [5, 5.41) is 8.98. The van der Waals surface area contributed by atoms with Gasteiger partial charge in [0, 0.05) is 62.2 Å². The molecule has 0 radical (unpaired) electrons. The van der Waals surface area contributed by atoms with E-state index in [9.17, 15) is 22.8 Å². The van der Waals surface area contributed by atoms with E-state index in [4.69, 9.17) is 9.84 Å². The van der Waals surface area contributed by atoms with Crippen molar-refractivity contribution in [3.8, 4) is 17.1 Å². The molecule has 188 valence electrons. The van der Waals surface area contributed by atoms with Gasteiger partial charge in [-0.05, 0) is 26.3 Å². The van der Waals surface area contributed by atoms with Gasteiger partial charge in [-0.1, -0.05) is 0 Å². The van der Waals surface area contributed by atoms with Gasteiger partial charge in [-0.2, -0.15) is 13.2 Å². The number of carbonyl (C=O) groups excluding carboxylic acids is 1. The maximum absolute atomic E-state index is 13.6. The normalized spacial score (nSPS) is 18.3. The summed E-state index contributed by atoms with van der Waals surface area (Å²) in [4.78, 5) is 40.1. The van der Waals surface area contributed by atoms with E-state index in [2.05, 4.69) is 15.0 Å². The number of alkyl halides is 3. The van der Waals surface area contributed by atoms with Gasteiger partial charge in [0.25, 0.3) is 5.91 Å². The number of anilines is 1. The van der Waals surface area contributed by atoms with E-state index in [1.165, 1.54) is 35.1 Å². The monoisotopic (exact) mass is 494 g/mol. The van der Waals surface area contributed by atoms with Gasteiger partial charge < -0.3 is 24.5 Å². The number of ether oxygens (including phenoxy) is 1. The minimum atomic E-state index is -4.63. The molecule has 2 aromatic rings. The van der Waals surface area contributed by atoms with E-state index in [1.54, 1.807) is 4.90 Å². The van der Waals surface area contributed by atoms with Crippen LogP contribution in [0.1, 0.15) is 24.6 Å². The molecule has 1 unspecified atom stereocenters. The molecule has 2 aliphatic heterocycles. The van der Waals surface area contributed by atoms with Crippen LogP contribution in [0.3, 0.4) is 0 Å². The fraction of sp³-hybridized carbons (Fsp3) is 0.500. The highest BCUT2D eigenvalue weighted by atomic mass is 19.4. The summed E-state index contributed by atoms with van der Waals surface area (Å²) < 4.78 is 46.4. The average molecular weight is 494 g/mol. The lowest BCUT2D eigenvalue weighted by Gasteiger charge is -2.39. The molecular formula is C22H25F3N6O4. The number of carbonyl (C=O) groups is 2. The maximum atomic E-state index is 13.6. The maximum Gasteiger partial charge on any atom is 0.433 e. The van der Waals surface area contributed by atoms with Crippen LogP contribution in [-0.2, 0) is 11.0 Å². The molecule has 0 saturated carbocycles. The fourth-order valence-corrected chi connectivity index (χ4v) is 3.98. The first kappa shape index (κ1) is 24.5. The predicted molar refractivity (Wildman–Crippen MR) is 118 cm³/mol. The van der Waals surface area contributed by atoms with Crippen LogP contribution < -0.4 is 9.64 Å². The van der Waals surface area contributed by atoms with Crippen molar-refractivity contribution in [1.82, 2.24) is 24.8 Å². The van der Waals surface area contributed by atoms with Gasteiger partial charge in [0.15, 0.2) is 12.3 Å². The van der Waals surface area contributed by atoms with Crippen LogP contribution in [0.2, 0.25) is 0 Å². The van der Waals surface area contributed by atoms with Crippen LogP contribution in [0.5, 0.6) is 5.88 Å². The van der Waals surface area contributed by atoms with Gasteiger partial charge in [0.05, 0.1) is 5.69 Å². The molecule has 13 heteroatoms. The lowest BCUT2D eigenvalue weighted by atomic mass is 10.0. The van der Waals surface area contributed by atoms with Gasteiger partial charge in [-0.25, -0.2) is 19.7 Å². The van der Waals surface area contributed by atoms with E-state index < -0.39 is 18.0 Å². The Bertz CT molecular complexity index is 1100. The van der Waals surface area contributed by atoms with Gasteiger partial charge >= 0.3 is 12.3 Å². The number of amides is 2. The molecule has 4 heterocycles. The SMILES string of the molecule is Cc1c(-c2ccc(OCC(=O)N3CCN(C(=O)O)CC3)nc2)nc(N2CCC2C)nc1C(F)(F)F. The van der Waals surface area contributed by atoms with E-state index in [-0.39, 0.29) is 67.8 Å². The summed E-state index contributed by atoms with van der Waals surface area (Å²) in [6.45, 7) is 4.53. The highest BCUT2D eigenvalue weighted by Crippen LogP contribution is 2.37. The molecule has 4 rings (SSSR count). The van der Waals surface area contributed by atoms with Gasteiger partial charge in [0.2, 0.25) is 11.8 Å². The molecule has 1 atom stereocenters. The summed E-state index contributed by atoms with van der Waals surface area (Å²) >= 11 is 0. The molecule has 0 bridgehead atoms. The third kappa shape index (κ3) is 5.23. The topological polar surface area (TPSA) is 112 Å². The fourth-order valence-electron chi connectivity index (χ4n) is 3.98. The largest absolute Gasteiger partial charge is 0.468 e. The van der Waals surface area contributed by atoms with Crippen LogP contribution in [0.4, 0.5) is 23.9 Å². The van der Waals surface area contributed by atoms with Crippen LogP contribution in [-0.4, -0.2) is 87.2 Å². The van der Waals surface area contributed by atoms with E-state index in [0.717, 1.165) is 6.42 Å². The van der Waals surface area contributed by atoms with E-state index in [0.29, 0.717) is 12.1 Å². The zero-order valence-corrected chi connectivity index (χ0v) is 19.2. The number of aromatic nitrogens is 3. The van der Waals surface area contributed by atoms with E-state index >= 15 is 0 Å². The lowest BCUT2D eigenvalue weighted by Crippen LogP contribution is -2.51. The second-order valence-corrected chi connectivity index (χ2v) is 8.50. The number of hydrogen-bond acceptors (Lipinski definition) is 7. The van der Waals surface area contributed by atoms with Crippen molar-refractivity contribution in [2.24, 2.45) is 0 Å². The van der Waals surface area contributed by atoms with Gasteiger partial charge in [-0.3, -0.25) is 4.79 Å². The molecule has 35 heavy (non-hydrogen) atoms. The molecule has 2 aromatic heterocycles. The summed E-state index contributed by atoms with van der Waals surface area (Å²) in [7, 11) is 0. The quantitative estimate of drug-likeness (QED) is 0.675. The zero-order valence-electron chi connectivity index (χ0n) is 19.2. The second kappa shape index (κ2) is 9.55. The lowest BCUT2D eigenvalue weighted by molar-refractivity contribution is -0.141. The minimum Gasteiger partial charge on any atom is -0.468 e. The number of nitrogens with zero attached hydrogens (tertiary/aromatic N) is 6. The molecule has 2 fully saturated rings. The van der Waals surface area contributed by atoms with Crippen molar-refractivity contribution in [3.05, 3.63) is 29.6 Å². The Balaban J connectivity index is 1.46. The molecule has 2 saturated heterocycles.